The predicted molar refractivity (Wildman–Crippen MR) is 237 cm³/mol. The first-order chi connectivity index (χ1) is 29.0. The summed E-state index contributed by atoms with van der Waals surface area (Å²) >= 11 is 15.5. The molecule has 12 nitrogen and oxygen atoms in total. The largest absolute Gasteiger partial charge is 0.457 e. The zero-order chi connectivity index (χ0) is 46.9. The molecule has 5 rings (SSSR count). The molecule has 5 aromatic rings. The monoisotopic (exact) mass is 986 g/mol. The molecule has 0 spiro atoms. The molecule has 2 amide bonds. The van der Waals surface area contributed by atoms with E-state index < -0.39 is 33.1 Å². The number of aryl methyl sites for hydroxylation is 2. The van der Waals surface area contributed by atoms with Gasteiger partial charge in [0.1, 0.15) is 23.0 Å². The molecule has 0 saturated heterocycles. The molecule has 0 aliphatic rings. The lowest BCUT2D eigenvalue weighted by molar-refractivity contribution is -0.0337. The number of nitrogens with zero attached hydrogens (tertiary/aromatic N) is 3. The van der Waals surface area contributed by atoms with Crippen molar-refractivity contribution in [1.29, 1.82) is 0 Å². The van der Waals surface area contributed by atoms with Gasteiger partial charge in [-0.15, -0.1) is 0 Å². The molecule has 336 valence electrons. The normalized spacial score (nSPS) is 10.8. The van der Waals surface area contributed by atoms with Gasteiger partial charge in [-0.25, -0.2) is 18.7 Å². The van der Waals surface area contributed by atoms with Gasteiger partial charge in [0.15, 0.2) is 4.77 Å². The van der Waals surface area contributed by atoms with Crippen molar-refractivity contribution >= 4 is 87.3 Å². The van der Waals surface area contributed by atoms with Gasteiger partial charge < -0.3 is 14.8 Å². The first-order valence-corrected chi connectivity index (χ1v) is 21.2. The summed E-state index contributed by atoms with van der Waals surface area (Å²) in [6.45, 7) is 7.64. The van der Waals surface area contributed by atoms with Crippen LogP contribution in [0.3, 0.4) is 0 Å². The van der Waals surface area contributed by atoms with E-state index in [1.54, 1.807) is 31.2 Å². The van der Waals surface area contributed by atoms with Crippen LogP contribution in [0, 0.1) is 18.6 Å². The van der Waals surface area contributed by atoms with Gasteiger partial charge in [0.05, 0.1) is 11.6 Å². The van der Waals surface area contributed by atoms with Crippen LogP contribution in [-0.2, 0) is 7.05 Å². The summed E-state index contributed by atoms with van der Waals surface area (Å²) in [6.07, 6.45) is 0. The van der Waals surface area contributed by atoms with Crippen molar-refractivity contribution in [2.75, 3.05) is 18.2 Å². The van der Waals surface area contributed by atoms with E-state index in [0.717, 1.165) is 15.8 Å². The minimum Gasteiger partial charge on any atom is -0.457 e. The lowest BCUT2D eigenvalue weighted by Gasteiger charge is -2.13. The summed E-state index contributed by atoms with van der Waals surface area (Å²) in [5, 5.41) is 6.71. The van der Waals surface area contributed by atoms with Gasteiger partial charge in [0.2, 0.25) is 0 Å². The molecular formula is C38H38Cl2F6N6O6S4. The van der Waals surface area contributed by atoms with Crippen molar-refractivity contribution < 1.29 is 45.4 Å². The standard InChI is InChI=1S/C18H14F3N3O3S2.C15H15F3N2OS2.C3H3Cl2NO2.C2H6/c1-10-9-11(24-16(28)22-15(25)23(2)17(24)26)3-8-14(10)27-12-4-6-13(7-5-12)29-18(19,20)21;1-10-8-11(20-9-22-19)2-7-14(10)21-12-3-5-13(6-4-12)23-15(16,17)18;1-6(2(4)7)3(5)8;1-2/h3-9H,1-2H3,(H,22,25,28);2-8,20H,9,19H2,1H3;1H3;1-2H3. The van der Waals surface area contributed by atoms with Gasteiger partial charge in [-0.3, -0.25) is 24.6 Å². The van der Waals surface area contributed by atoms with Crippen LogP contribution >= 0.6 is 70.9 Å². The van der Waals surface area contributed by atoms with E-state index in [9.17, 15) is 45.5 Å². The number of rotatable bonds is 10. The molecule has 0 bridgehead atoms. The van der Waals surface area contributed by atoms with E-state index in [4.69, 9.17) is 50.0 Å². The van der Waals surface area contributed by atoms with Crippen LogP contribution in [0.2, 0.25) is 0 Å². The summed E-state index contributed by atoms with van der Waals surface area (Å²) in [4.78, 5) is 47.1. The van der Waals surface area contributed by atoms with Gasteiger partial charge in [-0.05, 0) is 169 Å². The van der Waals surface area contributed by atoms with E-state index >= 15 is 0 Å². The van der Waals surface area contributed by atoms with Crippen LogP contribution in [0.15, 0.2) is 104 Å². The Bertz CT molecular complexity index is 2440. The average Bonchev–Trinajstić information content (AvgIpc) is 3.19. The highest BCUT2D eigenvalue weighted by Gasteiger charge is 2.30. The molecule has 0 radical (unpaired) electrons. The number of nitrogens with two attached hydrogens (primary N) is 1. The van der Waals surface area contributed by atoms with Crippen LogP contribution < -0.4 is 31.3 Å². The third-order valence-electron chi connectivity index (χ3n) is 7.25. The van der Waals surface area contributed by atoms with Crippen molar-refractivity contribution in [2.45, 2.75) is 48.5 Å². The number of thioether (sulfide) groups is 2. The van der Waals surface area contributed by atoms with Crippen molar-refractivity contribution in [3.8, 4) is 28.7 Å². The zero-order valence-corrected chi connectivity index (χ0v) is 38.1. The number of carbonyl (C=O) groups is 2. The topological polar surface area (TPSA) is 154 Å². The van der Waals surface area contributed by atoms with Crippen molar-refractivity contribution in [3.05, 3.63) is 122 Å². The number of carbonyl (C=O) groups excluding carboxylic acids is 2. The number of ether oxygens (including phenoxy) is 2. The minimum absolute atomic E-state index is 0.0380. The van der Waals surface area contributed by atoms with Crippen LogP contribution in [0.1, 0.15) is 25.0 Å². The lowest BCUT2D eigenvalue weighted by atomic mass is 10.2. The average molecular weight is 988 g/mol. The number of alkyl halides is 6. The maximum absolute atomic E-state index is 12.4. The molecule has 0 atom stereocenters. The smallest absolute Gasteiger partial charge is 0.446 e. The Balaban J connectivity index is 0.000000357. The Morgan fingerprint density at radius 2 is 1.23 bits per heavy atom. The summed E-state index contributed by atoms with van der Waals surface area (Å²) < 4.78 is 87.5. The molecule has 1 heterocycles. The molecule has 0 aliphatic carbocycles. The summed E-state index contributed by atoms with van der Waals surface area (Å²) in [7, 11) is 2.52. The van der Waals surface area contributed by atoms with Crippen molar-refractivity contribution in [2.24, 2.45) is 12.2 Å². The Hall–Kier alpha value is -4.58. The zero-order valence-electron chi connectivity index (χ0n) is 33.3. The number of amides is 2. The first-order valence-electron chi connectivity index (χ1n) is 17.4. The van der Waals surface area contributed by atoms with Crippen molar-refractivity contribution in [1.82, 2.24) is 19.0 Å². The molecule has 0 fully saturated rings. The maximum atomic E-state index is 12.4. The molecule has 62 heavy (non-hydrogen) atoms. The molecule has 0 aliphatic heterocycles. The summed E-state index contributed by atoms with van der Waals surface area (Å²) in [6, 6.07) is 21.7. The molecule has 0 saturated carbocycles. The quantitative estimate of drug-likeness (QED) is 0.0232. The Kier molecular flexibility index (Phi) is 21.5. The first kappa shape index (κ1) is 53.6. The van der Waals surface area contributed by atoms with Crippen LogP contribution in [0.5, 0.6) is 23.0 Å². The molecule has 24 heteroatoms. The van der Waals surface area contributed by atoms with E-state index in [-0.39, 0.29) is 38.1 Å². The Labute approximate surface area is 379 Å². The van der Waals surface area contributed by atoms with Crippen LogP contribution in [0.25, 0.3) is 5.69 Å². The number of hydrogen-bond acceptors (Lipinski definition) is 12. The Morgan fingerprint density at radius 3 is 1.60 bits per heavy atom. The number of H-pyrrole nitrogens is 1. The molecule has 4 aromatic carbocycles. The van der Waals surface area contributed by atoms with Gasteiger partial charge in [-0.1, -0.05) is 25.8 Å². The third kappa shape index (κ3) is 18.0. The second-order valence-corrected chi connectivity index (χ2v) is 15.6. The van der Waals surface area contributed by atoms with Gasteiger partial charge in [0, 0.05) is 29.6 Å². The number of aromatic nitrogens is 3. The number of halogens is 8. The highest BCUT2D eigenvalue weighted by Crippen LogP contribution is 2.39. The fourth-order valence-corrected chi connectivity index (χ4v) is 6.21. The SMILES string of the molecule is CC.CN(C(=O)Cl)C(=O)Cl.Cc1cc(-n2c(=S)[nH]c(=O)n(C)c2=O)ccc1Oc1ccc(SC(F)(F)F)cc1.Cc1cc(NCSN)ccc1Oc1ccc(SC(F)(F)F)cc1. The van der Waals surface area contributed by atoms with Gasteiger partial charge in [-0.2, -0.15) is 26.3 Å². The highest BCUT2D eigenvalue weighted by atomic mass is 35.5. The Morgan fingerprint density at radius 1 is 0.790 bits per heavy atom. The molecule has 4 N–H and O–H groups in total. The van der Waals surface area contributed by atoms with Gasteiger partial charge in [0.25, 0.3) is 0 Å². The highest BCUT2D eigenvalue weighted by molar-refractivity contribution is 8.00. The lowest BCUT2D eigenvalue weighted by Crippen LogP contribution is -2.39. The van der Waals surface area contributed by atoms with Gasteiger partial charge >= 0.3 is 33.1 Å². The fourth-order valence-electron chi connectivity index (χ4n) is 4.41. The minimum atomic E-state index is -4.35. The maximum Gasteiger partial charge on any atom is 0.446 e. The summed E-state index contributed by atoms with van der Waals surface area (Å²) in [5.74, 6) is 2.55. The number of imide groups is 1. The number of hydrogen-bond donors (Lipinski definition) is 3. The van der Waals surface area contributed by atoms with E-state index in [1.807, 2.05) is 32.9 Å². The van der Waals surface area contributed by atoms with Crippen LogP contribution in [0.4, 0.5) is 41.6 Å². The predicted octanol–water partition coefficient (Wildman–Crippen LogP) is 12.3. The number of nitrogens with one attached hydrogen (secondary N) is 2. The number of benzene rings is 4. The van der Waals surface area contributed by atoms with E-state index in [1.165, 1.54) is 79.1 Å². The summed E-state index contributed by atoms with van der Waals surface area (Å²) in [5.41, 5.74) is -6.92. The molecule has 1 aromatic heterocycles. The second kappa shape index (κ2) is 24.9. The third-order valence-corrected chi connectivity index (χ3v) is 9.83. The fraction of sp³-hybridized carbons (Fsp3) is 0.237. The number of aromatic amines is 1. The van der Waals surface area contributed by atoms with E-state index in [2.05, 4.69) is 10.3 Å². The van der Waals surface area contributed by atoms with Crippen LogP contribution in [-0.4, -0.2) is 53.7 Å². The molecule has 0 unspecified atom stereocenters. The number of anilines is 1. The van der Waals surface area contributed by atoms with Crippen molar-refractivity contribution in [3.63, 3.8) is 0 Å². The second-order valence-electron chi connectivity index (χ2n) is 11.6. The van der Waals surface area contributed by atoms with E-state index in [0.29, 0.717) is 45.0 Å². The molecular weight excluding hydrogens is 950 g/mol.